The molecule has 2 aromatic carbocycles. The van der Waals surface area contributed by atoms with Crippen molar-refractivity contribution in [3.05, 3.63) is 67.9 Å². The first kappa shape index (κ1) is 24.7. The van der Waals surface area contributed by atoms with Crippen molar-refractivity contribution in [1.82, 2.24) is 20.1 Å². The van der Waals surface area contributed by atoms with Gasteiger partial charge in [0.1, 0.15) is 0 Å². The van der Waals surface area contributed by atoms with E-state index in [9.17, 15) is 9.59 Å². The molecule has 0 saturated heterocycles. The van der Waals surface area contributed by atoms with E-state index in [0.29, 0.717) is 48.9 Å². The highest BCUT2D eigenvalue weighted by Gasteiger charge is 2.15. The van der Waals surface area contributed by atoms with E-state index >= 15 is 0 Å². The molecule has 32 heavy (non-hydrogen) atoms. The van der Waals surface area contributed by atoms with Gasteiger partial charge in [-0.1, -0.05) is 58.2 Å². The highest BCUT2D eigenvalue weighted by atomic mass is 35.5. The zero-order chi connectivity index (χ0) is 23.3. The largest absolute Gasteiger partial charge is 0.345 e. The molecule has 0 fully saturated rings. The molecular weight excluding hydrogens is 516 g/mol. The summed E-state index contributed by atoms with van der Waals surface area (Å²) in [6.07, 6.45) is 0. The van der Waals surface area contributed by atoms with E-state index < -0.39 is 0 Å². The first-order chi connectivity index (χ1) is 15.3. The Morgan fingerprint density at radius 2 is 1.72 bits per heavy atom. The second-order valence-corrected chi connectivity index (χ2v) is 9.08. The number of nitrogens with zero attached hydrogens (tertiary/aromatic N) is 3. The van der Waals surface area contributed by atoms with Gasteiger partial charge in [0.25, 0.3) is 5.91 Å². The van der Waals surface area contributed by atoms with E-state index in [2.05, 4.69) is 20.8 Å². The number of amides is 2. The van der Waals surface area contributed by atoms with Crippen molar-refractivity contribution in [2.45, 2.75) is 25.2 Å². The van der Waals surface area contributed by atoms with Crippen LogP contribution in [-0.4, -0.2) is 32.3 Å². The van der Waals surface area contributed by atoms with E-state index in [1.807, 2.05) is 11.5 Å². The number of nitrogens with one attached hydrogen (secondary N) is 2. The summed E-state index contributed by atoms with van der Waals surface area (Å²) in [5.74, 6) is 0.111. The molecule has 3 aromatic rings. The fraction of sp³-hybridized carbons (Fsp3) is 0.200. The van der Waals surface area contributed by atoms with Crippen LogP contribution in [0.3, 0.4) is 0 Å². The van der Waals surface area contributed by atoms with Crippen molar-refractivity contribution in [3.63, 3.8) is 0 Å². The normalized spacial score (nSPS) is 10.8. The van der Waals surface area contributed by atoms with Gasteiger partial charge in [0.15, 0.2) is 11.0 Å². The van der Waals surface area contributed by atoms with Crippen LogP contribution in [0.1, 0.15) is 23.1 Å². The molecule has 2 amide bonds. The summed E-state index contributed by atoms with van der Waals surface area (Å²) >= 11 is 25.0. The summed E-state index contributed by atoms with van der Waals surface area (Å²) in [5.41, 5.74) is 0.894. The number of aromatic nitrogens is 3. The van der Waals surface area contributed by atoms with E-state index in [0.717, 1.165) is 0 Å². The molecule has 168 valence electrons. The van der Waals surface area contributed by atoms with Crippen LogP contribution in [0.15, 0.2) is 41.6 Å². The number of halogens is 4. The van der Waals surface area contributed by atoms with Gasteiger partial charge in [-0.25, -0.2) is 0 Å². The molecule has 0 bridgehead atoms. The van der Waals surface area contributed by atoms with Crippen molar-refractivity contribution in [1.29, 1.82) is 0 Å². The molecule has 0 radical (unpaired) electrons. The summed E-state index contributed by atoms with van der Waals surface area (Å²) in [6.45, 7) is 2.65. The smallest absolute Gasteiger partial charge is 0.251 e. The van der Waals surface area contributed by atoms with Gasteiger partial charge in [-0.3, -0.25) is 9.59 Å². The van der Waals surface area contributed by atoms with Gasteiger partial charge in [0.2, 0.25) is 5.91 Å². The molecule has 0 atom stereocenters. The van der Waals surface area contributed by atoms with Crippen LogP contribution >= 0.6 is 58.2 Å². The number of benzene rings is 2. The van der Waals surface area contributed by atoms with E-state index in [4.69, 9.17) is 46.4 Å². The van der Waals surface area contributed by atoms with Crippen LogP contribution in [0.4, 0.5) is 5.69 Å². The molecule has 0 spiro atoms. The number of rotatable bonds is 8. The Labute approximate surface area is 208 Å². The summed E-state index contributed by atoms with van der Waals surface area (Å²) in [7, 11) is 0. The number of thioether (sulfide) groups is 1. The average Bonchev–Trinajstić information content (AvgIpc) is 3.13. The minimum absolute atomic E-state index is 0.109. The van der Waals surface area contributed by atoms with Gasteiger partial charge in [0, 0.05) is 27.8 Å². The third-order valence-electron chi connectivity index (χ3n) is 4.18. The Balaban J connectivity index is 1.58. The Hall–Kier alpha value is -1.97. The van der Waals surface area contributed by atoms with Gasteiger partial charge in [0.05, 0.1) is 22.3 Å². The molecule has 0 unspecified atom stereocenters. The van der Waals surface area contributed by atoms with Crippen LogP contribution in [0.5, 0.6) is 0 Å². The lowest BCUT2D eigenvalue weighted by atomic mass is 10.2. The Morgan fingerprint density at radius 1 is 1.00 bits per heavy atom. The minimum Gasteiger partial charge on any atom is -0.345 e. The molecule has 1 aromatic heterocycles. The molecule has 1 heterocycles. The van der Waals surface area contributed by atoms with Gasteiger partial charge in [-0.05, 0) is 43.3 Å². The summed E-state index contributed by atoms with van der Waals surface area (Å²) in [6, 6.07) is 9.44. The number of anilines is 1. The number of hydrogen-bond acceptors (Lipinski definition) is 5. The fourth-order valence-electron chi connectivity index (χ4n) is 2.73. The number of hydrogen-bond donors (Lipinski definition) is 2. The van der Waals surface area contributed by atoms with E-state index in [-0.39, 0.29) is 24.1 Å². The second kappa shape index (κ2) is 11.2. The third-order valence-corrected chi connectivity index (χ3v) is 6.32. The lowest BCUT2D eigenvalue weighted by Gasteiger charge is -2.09. The van der Waals surface area contributed by atoms with Crippen molar-refractivity contribution in [2.24, 2.45) is 0 Å². The van der Waals surface area contributed by atoms with E-state index in [1.165, 1.54) is 17.8 Å². The van der Waals surface area contributed by atoms with Crippen molar-refractivity contribution >= 4 is 75.7 Å². The standard InChI is InChI=1S/C20H17Cl4N5O2S/c1-2-29-17(9-25-19(31)11-3-4-15(23)16(24)5-11)27-28-20(29)32-10-18(30)26-14-7-12(21)6-13(22)8-14/h3-8H,2,9-10H2,1H3,(H,25,31)(H,26,30). The predicted molar refractivity (Wildman–Crippen MR) is 129 cm³/mol. The minimum atomic E-state index is -0.317. The van der Waals surface area contributed by atoms with Crippen LogP contribution < -0.4 is 10.6 Å². The van der Waals surface area contributed by atoms with Crippen LogP contribution in [0.2, 0.25) is 20.1 Å². The second-order valence-electron chi connectivity index (χ2n) is 6.45. The quantitative estimate of drug-likeness (QED) is 0.370. The van der Waals surface area contributed by atoms with Gasteiger partial charge in [-0.15, -0.1) is 10.2 Å². The molecule has 0 aliphatic heterocycles. The molecule has 2 N–H and O–H groups in total. The summed E-state index contributed by atoms with van der Waals surface area (Å²) < 4.78 is 1.82. The molecular formula is C20H17Cl4N5O2S. The zero-order valence-corrected chi connectivity index (χ0v) is 20.5. The highest BCUT2D eigenvalue weighted by Crippen LogP contribution is 2.24. The van der Waals surface area contributed by atoms with Crippen LogP contribution in [0.25, 0.3) is 0 Å². The monoisotopic (exact) mass is 531 g/mol. The van der Waals surface area contributed by atoms with Crippen LogP contribution in [0, 0.1) is 0 Å². The molecule has 0 saturated carbocycles. The van der Waals surface area contributed by atoms with Gasteiger partial charge < -0.3 is 15.2 Å². The van der Waals surface area contributed by atoms with Crippen molar-refractivity contribution in [2.75, 3.05) is 11.1 Å². The molecule has 0 aliphatic carbocycles. The molecule has 12 heteroatoms. The van der Waals surface area contributed by atoms with Crippen molar-refractivity contribution in [3.8, 4) is 0 Å². The van der Waals surface area contributed by atoms with E-state index in [1.54, 1.807) is 30.3 Å². The lowest BCUT2D eigenvalue weighted by Crippen LogP contribution is -2.24. The maximum Gasteiger partial charge on any atom is 0.251 e. The Bertz CT molecular complexity index is 1130. The zero-order valence-electron chi connectivity index (χ0n) is 16.7. The fourth-order valence-corrected chi connectivity index (χ4v) is 4.37. The summed E-state index contributed by atoms with van der Waals surface area (Å²) in [5, 5.41) is 15.9. The molecule has 0 aliphatic rings. The SMILES string of the molecule is CCn1c(CNC(=O)c2ccc(Cl)c(Cl)c2)nnc1SCC(=O)Nc1cc(Cl)cc(Cl)c1. The Morgan fingerprint density at radius 3 is 2.38 bits per heavy atom. The maximum atomic E-state index is 12.4. The first-order valence-electron chi connectivity index (χ1n) is 9.31. The van der Waals surface area contributed by atoms with Crippen LogP contribution in [-0.2, 0) is 17.9 Å². The predicted octanol–water partition coefficient (Wildman–Crippen LogP) is 5.57. The topological polar surface area (TPSA) is 88.9 Å². The number of carbonyl (C=O) groups excluding carboxylic acids is 2. The highest BCUT2D eigenvalue weighted by molar-refractivity contribution is 7.99. The molecule has 3 rings (SSSR count). The van der Waals surface area contributed by atoms with Gasteiger partial charge >= 0.3 is 0 Å². The summed E-state index contributed by atoms with van der Waals surface area (Å²) in [4.78, 5) is 24.7. The van der Waals surface area contributed by atoms with Crippen molar-refractivity contribution < 1.29 is 9.59 Å². The Kier molecular flexibility index (Phi) is 8.67. The first-order valence-corrected chi connectivity index (χ1v) is 11.8. The average molecular weight is 533 g/mol. The third kappa shape index (κ3) is 6.52. The maximum absolute atomic E-state index is 12.4. The lowest BCUT2D eigenvalue weighted by molar-refractivity contribution is -0.113. The number of carbonyl (C=O) groups is 2. The molecule has 7 nitrogen and oxygen atoms in total. The van der Waals surface area contributed by atoms with Gasteiger partial charge in [-0.2, -0.15) is 0 Å².